The van der Waals surface area contributed by atoms with E-state index in [0.29, 0.717) is 5.75 Å². The van der Waals surface area contributed by atoms with E-state index in [1.807, 2.05) is 6.07 Å². The zero-order valence-corrected chi connectivity index (χ0v) is 15.1. The van der Waals surface area contributed by atoms with Gasteiger partial charge in [-0.3, -0.25) is 9.59 Å². The Morgan fingerprint density at radius 2 is 1.81 bits per heavy atom. The number of hydrogen-bond acceptors (Lipinski definition) is 4. The lowest BCUT2D eigenvalue weighted by molar-refractivity contribution is -0.139. The van der Waals surface area contributed by atoms with Gasteiger partial charge < -0.3 is 14.8 Å². The number of hydrogen-bond donors (Lipinski definition) is 1. The summed E-state index contributed by atoms with van der Waals surface area (Å²) in [5, 5.41) is 2.91. The van der Waals surface area contributed by atoms with Crippen molar-refractivity contribution >= 4 is 17.6 Å². The normalized spacial score (nSPS) is 13.6. The van der Waals surface area contributed by atoms with Gasteiger partial charge in [0.25, 0.3) is 5.91 Å². The van der Waals surface area contributed by atoms with Crippen molar-refractivity contribution in [3.05, 3.63) is 59.2 Å². The fourth-order valence-electron chi connectivity index (χ4n) is 3.08. The van der Waals surface area contributed by atoms with Crippen molar-refractivity contribution in [2.45, 2.75) is 38.7 Å². The standard InChI is InChI=1S/C21H23NO4/c1-14(26-19-10-6-15(7-11-19)12-20(23)25-2)21(24)22-18-9-8-16-4-3-5-17(16)13-18/h6-11,13-14H,3-5,12H2,1-2H3,(H,22,24)/t14-/m1/s1. The van der Waals surface area contributed by atoms with E-state index in [-0.39, 0.29) is 18.3 Å². The van der Waals surface area contributed by atoms with Crippen molar-refractivity contribution < 1.29 is 19.1 Å². The zero-order valence-electron chi connectivity index (χ0n) is 15.1. The Morgan fingerprint density at radius 1 is 1.08 bits per heavy atom. The summed E-state index contributed by atoms with van der Waals surface area (Å²) in [5.74, 6) is 0.0950. The topological polar surface area (TPSA) is 64.6 Å². The molecule has 0 bridgehead atoms. The molecule has 0 unspecified atom stereocenters. The van der Waals surface area contributed by atoms with Gasteiger partial charge in [0.15, 0.2) is 6.10 Å². The molecule has 1 atom stereocenters. The number of amides is 1. The molecule has 1 N–H and O–H groups in total. The van der Waals surface area contributed by atoms with Gasteiger partial charge in [0.05, 0.1) is 13.5 Å². The second kappa shape index (κ2) is 8.04. The molecule has 1 aliphatic rings. The molecule has 2 aromatic carbocycles. The van der Waals surface area contributed by atoms with Crippen LogP contribution in [-0.4, -0.2) is 25.1 Å². The van der Waals surface area contributed by atoms with Crippen LogP contribution in [0.1, 0.15) is 30.0 Å². The van der Waals surface area contributed by atoms with Crippen LogP contribution in [0.25, 0.3) is 0 Å². The molecule has 26 heavy (non-hydrogen) atoms. The zero-order chi connectivity index (χ0) is 18.5. The maximum absolute atomic E-state index is 12.4. The first-order valence-electron chi connectivity index (χ1n) is 8.80. The molecule has 0 fully saturated rings. The van der Waals surface area contributed by atoms with Crippen LogP contribution in [-0.2, 0) is 33.6 Å². The van der Waals surface area contributed by atoms with Gasteiger partial charge in [-0.05, 0) is 67.1 Å². The second-order valence-electron chi connectivity index (χ2n) is 6.48. The highest BCUT2D eigenvalue weighted by atomic mass is 16.5. The van der Waals surface area contributed by atoms with Crippen molar-refractivity contribution in [1.29, 1.82) is 0 Å². The van der Waals surface area contributed by atoms with Gasteiger partial charge in [0, 0.05) is 5.69 Å². The van der Waals surface area contributed by atoms with E-state index < -0.39 is 6.10 Å². The Balaban J connectivity index is 1.56. The maximum atomic E-state index is 12.4. The lowest BCUT2D eigenvalue weighted by Gasteiger charge is -2.15. The number of anilines is 1. The fourth-order valence-corrected chi connectivity index (χ4v) is 3.08. The number of carbonyl (C=O) groups is 2. The molecule has 5 nitrogen and oxygen atoms in total. The minimum Gasteiger partial charge on any atom is -0.481 e. The van der Waals surface area contributed by atoms with Crippen LogP contribution in [0.15, 0.2) is 42.5 Å². The molecule has 5 heteroatoms. The number of nitrogens with one attached hydrogen (secondary N) is 1. The smallest absolute Gasteiger partial charge is 0.309 e. The number of fused-ring (bicyclic) bond motifs is 1. The van der Waals surface area contributed by atoms with Gasteiger partial charge in [-0.1, -0.05) is 18.2 Å². The molecule has 136 valence electrons. The number of ether oxygens (including phenoxy) is 2. The van der Waals surface area contributed by atoms with Crippen LogP contribution >= 0.6 is 0 Å². The highest BCUT2D eigenvalue weighted by molar-refractivity contribution is 5.94. The molecule has 3 rings (SSSR count). The van der Waals surface area contributed by atoms with Crippen molar-refractivity contribution in [3.63, 3.8) is 0 Å². The number of carbonyl (C=O) groups excluding carboxylic acids is 2. The SMILES string of the molecule is COC(=O)Cc1ccc(O[C@H](C)C(=O)Nc2ccc3c(c2)CCC3)cc1. The van der Waals surface area contributed by atoms with E-state index in [9.17, 15) is 9.59 Å². The highest BCUT2D eigenvalue weighted by Crippen LogP contribution is 2.25. The van der Waals surface area contributed by atoms with E-state index in [1.54, 1.807) is 31.2 Å². The minimum atomic E-state index is -0.630. The maximum Gasteiger partial charge on any atom is 0.309 e. The van der Waals surface area contributed by atoms with E-state index >= 15 is 0 Å². The number of aryl methyl sites for hydroxylation is 2. The van der Waals surface area contributed by atoms with Gasteiger partial charge in [0.1, 0.15) is 5.75 Å². The molecule has 1 aliphatic carbocycles. The minimum absolute atomic E-state index is 0.193. The number of esters is 1. The van der Waals surface area contributed by atoms with Gasteiger partial charge in [-0.15, -0.1) is 0 Å². The molecule has 0 saturated heterocycles. The summed E-state index contributed by atoms with van der Waals surface area (Å²) < 4.78 is 10.3. The first-order valence-corrected chi connectivity index (χ1v) is 8.80. The average Bonchev–Trinajstić information content (AvgIpc) is 3.11. The van der Waals surface area contributed by atoms with Crippen molar-refractivity contribution in [2.24, 2.45) is 0 Å². The Hall–Kier alpha value is -2.82. The predicted molar refractivity (Wildman–Crippen MR) is 99.3 cm³/mol. The Morgan fingerprint density at radius 3 is 2.54 bits per heavy atom. The van der Waals surface area contributed by atoms with Crippen molar-refractivity contribution in [3.8, 4) is 5.75 Å². The Bertz CT molecular complexity index is 798. The molecule has 1 amide bonds. The van der Waals surface area contributed by atoms with Crippen molar-refractivity contribution in [1.82, 2.24) is 0 Å². The molecular formula is C21H23NO4. The van der Waals surface area contributed by atoms with Crippen LogP contribution < -0.4 is 10.1 Å². The number of methoxy groups -OCH3 is 1. The van der Waals surface area contributed by atoms with E-state index in [1.165, 1.54) is 24.7 Å². The summed E-state index contributed by atoms with van der Waals surface area (Å²) in [6.45, 7) is 1.71. The lowest BCUT2D eigenvalue weighted by atomic mass is 10.1. The highest BCUT2D eigenvalue weighted by Gasteiger charge is 2.17. The molecule has 0 spiro atoms. The first-order chi connectivity index (χ1) is 12.5. The van der Waals surface area contributed by atoms with Crippen LogP contribution in [0.5, 0.6) is 5.75 Å². The second-order valence-corrected chi connectivity index (χ2v) is 6.48. The quantitative estimate of drug-likeness (QED) is 0.810. The largest absolute Gasteiger partial charge is 0.481 e. The van der Waals surface area contributed by atoms with Gasteiger partial charge >= 0.3 is 5.97 Å². The van der Waals surface area contributed by atoms with Gasteiger partial charge in [-0.25, -0.2) is 0 Å². The van der Waals surface area contributed by atoms with E-state index in [4.69, 9.17) is 4.74 Å². The van der Waals surface area contributed by atoms with Gasteiger partial charge in [0.2, 0.25) is 0 Å². The third-order valence-corrected chi connectivity index (χ3v) is 4.55. The molecule has 0 radical (unpaired) electrons. The molecule has 2 aromatic rings. The first kappa shape index (κ1) is 18.0. The summed E-state index contributed by atoms with van der Waals surface area (Å²) in [6.07, 6.45) is 2.95. The molecule has 0 aliphatic heterocycles. The summed E-state index contributed by atoms with van der Waals surface area (Å²) in [6, 6.07) is 13.2. The molecule has 0 saturated carbocycles. The summed E-state index contributed by atoms with van der Waals surface area (Å²) >= 11 is 0. The fraction of sp³-hybridized carbons (Fsp3) is 0.333. The third kappa shape index (κ3) is 4.42. The monoisotopic (exact) mass is 353 g/mol. The van der Waals surface area contributed by atoms with Crippen LogP contribution in [0.3, 0.4) is 0 Å². The van der Waals surface area contributed by atoms with E-state index in [0.717, 1.165) is 24.1 Å². The van der Waals surface area contributed by atoms with Crippen LogP contribution in [0, 0.1) is 0 Å². The van der Waals surface area contributed by atoms with Crippen LogP contribution in [0.2, 0.25) is 0 Å². The third-order valence-electron chi connectivity index (χ3n) is 4.55. The molecule has 0 heterocycles. The number of rotatable bonds is 6. The Labute approximate surface area is 153 Å². The number of benzene rings is 2. The lowest BCUT2D eigenvalue weighted by Crippen LogP contribution is -2.30. The van der Waals surface area contributed by atoms with Crippen molar-refractivity contribution in [2.75, 3.05) is 12.4 Å². The van der Waals surface area contributed by atoms with Gasteiger partial charge in [-0.2, -0.15) is 0 Å². The Kier molecular flexibility index (Phi) is 5.56. The molecular weight excluding hydrogens is 330 g/mol. The summed E-state index contributed by atoms with van der Waals surface area (Å²) in [4.78, 5) is 23.6. The van der Waals surface area contributed by atoms with Crippen LogP contribution in [0.4, 0.5) is 5.69 Å². The van der Waals surface area contributed by atoms with E-state index in [2.05, 4.69) is 22.2 Å². The predicted octanol–water partition coefficient (Wildman–Crippen LogP) is 3.30. The molecule has 0 aromatic heterocycles. The average molecular weight is 353 g/mol. The summed E-state index contributed by atoms with van der Waals surface area (Å²) in [7, 11) is 1.36. The summed E-state index contributed by atoms with van der Waals surface area (Å²) in [5.41, 5.74) is 4.33.